The summed E-state index contributed by atoms with van der Waals surface area (Å²) in [7, 11) is 1.91. The highest BCUT2D eigenvalue weighted by Gasteiger charge is 2.40. The molecule has 2 aliphatic heterocycles. The summed E-state index contributed by atoms with van der Waals surface area (Å²) in [4.78, 5) is 21.8. The third kappa shape index (κ3) is 3.39. The van der Waals surface area contributed by atoms with Crippen LogP contribution in [-0.2, 0) is 13.1 Å². The molecule has 3 heterocycles. The number of nitrogens with one attached hydrogen (secondary N) is 3. The van der Waals surface area contributed by atoms with Crippen molar-refractivity contribution in [2.75, 3.05) is 19.0 Å². The van der Waals surface area contributed by atoms with Crippen molar-refractivity contribution in [3.8, 4) is 0 Å². The van der Waals surface area contributed by atoms with Crippen molar-refractivity contribution >= 4 is 17.2 Å². The Balaban J connectivity index is 1.69. The second-order valence-corrected chi connectivity index (χ2v) is 7.93. The predicted molar refractivity (Wildman–Crippen MR) is 119 cm³/mol. The molecule has 0 fully saturated rings. The molecule has 5 rings (SSSR count). The number of ketones is 1. The summed E-state index contributed by atoms with van der Waals surface area (Å²) in [5.41, 5.74) is 10.9. The minimum Gasteiger partial charge on any atom is -0.320 e. The SMILES string of the molecule is CCn1ncnc1C1C2=NCC(=O)c3cc(F)cc(c32)NNC1c1ccc(CNC)cc1. The molecule has 2 aromatic carbocycles. The lowest BCUT2D eigenvalue weighted by atomic mass is 9.82. The first-order valence-corrected chi connectivity index (χ1v) is 10.6. The van der Waals surface area contributed by atoms with Crippen molar-refractivity contribution < 1.29 is 9.18 Å². The number of aryl methyl sites for hydroxylation is 1. The van der Waals surface area contributed by atoms with E-state index in [1.165, 1.54) is 24.0 Å². The van der Waals surface area contributed by atoms with Crippen LogP contribution in [0.5, 0.6) is 0 Å². The number of Topliss-reactive ketones (excluding diaryl/α,β-unsaturated/α-hetero) is 1. The number of hydrazine groups is 1. The van der Waals surface area contributed by atoms with Gasteiger partial charge >= 0.3 is 0 Å². The van der Waals surface area contributed by atoms with Crippen LogP contribution in [0, 0.1) is 5.82 Å². The number of hydrogen-bond donors (Lipinski definition) is 3. The number of rotatable bonds is 5. The van der Waals surface area contributed by atoms with Crippen molar-refractivity contribution in [2.45, 2.75) is 32.0 Å². The topological polar surface area (TPSA) is 96.2 Å². The molecule has 3 N–H and O–H groups in total. The average Bonchev–Trinajstić information content (AvgIpc) is 3.20. The Bertz CT molecular complexity index is 1200. The second kappa shape index (κ2) is 8.25. The zero-order chi connectivity index (χ0) is 22.2. The van der Waals surface area contributed by atoms with Gasteiger partial charge in [0.2, 0.25) is 0 Å². The Kier molecular flexibility index (Phi) is 5.28. The molecule has 3 aromatic rings. The van der Waals surface area contributed by atoms with Gasteiger partial charge < -0.3 is 10.7 Å². The fourth-order valence-corrected chi connectivity index (χ4v) is 4.52. The summed E-state index contributed by atoms with van der Waals surface area (Å²) in [5, 5.41) is 7.52. The molecule has 0 amide bonds. The van der Waals surface area contributed by atoms with Gasteiger partial charge in [0, 0.05) is 24.2 Å². The van der Waals surface area contributed by atoms with Crippen molar-refractivity contribution in [2.24, 2.45) is 4.99 Å². The lowest BCUT2D eigenvalue weighted by Crippen LogP contribution is -2.34. The molecule has 8 nitrogen and oxygen atoms in total. The normalized spacial score (nSPS) is 19.7. The van der Waals surface area contributed by atoms with E-state index in [0.29, 0.717) is 29.1 Å². The van der Waals surface area contributed by atoms with Crippen LogP contribution < -0.4 is 16.2 Å². The van der Waals surface area contributed by atoms with Gasteiger partial charge in [-0.2, -0.15) is 5.10 Å². The number of hydrogen-bond acceptors (Lipinski definition) is 7. The number of halogens is 1. The number of benzene rings is 2. The Morgan fingerprint density at radius 3 is 2.81 bits per heavy atom. The van der Waals surface area contributed by atoms with Crippen LogP contribution in [0.25, 0.3) is 0 Å². The fourth-order valence-electron chi connectivity index (χ4n) is 4.52. The van der Waals surface area contributed by atoms with E-state index in [9.17, 15) is 9.18 Å². The summed E-state index contributed by atoms with van der Waals surface area (Å²) in [5.74, 6) is -0.261. The van der Waals surface area contributed by atoms with Crippen LogP contribution in [0.2, 0.25) is 0 Å². The quantitative estimate of drug-likeness (QED) is 0.573. The summed E-state index contributed by atoms with van der Waals surface area (Å²) >= 11 is 0. The smallest absolute Gasteiger partial charge is 0.185 e. The van der Waals surface area contributed by atoms with Crippen LogP contribution >= 0.6 is 0 Å². The number of aromatic nitrogens is 3. The van der Waals surface area contributed by atoms with Crippen molar-refractivity contribution in [1.82, 2.24) is 25.5 Å². The minimum absolute atomic E-state index is 0.0180. The highest BCUT2D eigenvalue weighted by Crippen LogP contribution is 2.40. The van der Waals surface area contributed by atoms with E-state index in [2.05, 4.69) is 55.5 Å². The summed E-state index contributed by atoms with van der Waals surface area (Å²) < 4.78 is 16.2. The molecule has 0 aliphatic carbocycles. The molecular formula is C23H24FN7O. The van der Waals surface area contributed by atoms with Gasteiger partial charge in [0.25, 0.3) is 0 Å². The van der Waals surface area contributed by atoms with E-state index in [1.54, 1.807) is 0 Å². The minimum atomic E-state index is -0.467. The van der Waals surface area contributed by atoms with Crippen molar-refractivity contribution in [3.05, 3.63) is 76.6 Å². The first kappa shape index (κ1) is 20.5. The van der Waals surface area contributed by atoms with Gasteiger partial charge in [-0.15, -0.1) is 0 Å². The first-order chi connectivity index (χ1) is 15.6. The number of aliphatic imine (C=N–C) groups is 1. The Morgan fingerprint density at radius 2 is 2.06 bits per heavy atom. The lowest BCUT2D eigenvalue weighted by molar-refractivity contribution is 0.0999. The molecular weight excluding hydrogens is 409 g/mol. The van der Waals surface area contributed by atoms with Gasteiger partial charge in [0.1, 0.15) is 24.5 Å². The molecule has 0 saturated carbocycles. The largest absolute Gasteiger partial charge is 0.320 e. The molecule has 2 atom stereocenters. The number of carbonyl (C=O) groups is 1. The van der Waals surface area contributed by atoms with Crippen LogP contribution in [0.15, 0.2) is 47.7 Å². The molecule has 1 aromatic heterocycles. The van der Waals surface area contributed by atoms with E-state index in [-0.39, 0.29) is 24.3 Å². The van der Waals surface area contributed by atoms with Crippen LogP contribution in [-0.4, -0.2) is 39.9 Å². The van der Waals surface area contributed by atoms with Crippen LogP contribution in [0.4, 0.5) is 10.1 Å². The van der Waals surface area contributed by atoms with E-state index < -0.39 is 5.82 Å². The van der Waals surface area contributed by atoms with E-state index in [0.717, 1.165) is 17.9 Å². The van der Waals surface area contributed by atoms with Crippen LogP contribution in [0.1, 0.15) is 51.8 Å². The zero-order valence-electron chi connectivity index (χ0n) is 17.9. The Morgan fingerprint density at radius 1 is 1.25 bits per heavy atom. The first-order valence-electron chi connectivity index (χ1n) is 10.6. The second-order valence-electron chi connectivity index (χ2n) is 7.93. The molecule has 0 bridgehead atoms. The van der Waals surface area contributed by atoms with Gasteiger partial charge in [-0.05, 0) is 37.2 Å². The molecule has 32 heavy (non-hydrogen) atoms. The molecule has 0 saturated heterocycles. The zero-order valence-corrected chi connectivity index (χ0v) is 17.9. The molecule has 2 unspecified atom stereocenters. The summed E-state index contributed by atoms with van der Waals surface area (Å²) in [6.45, 7) is 3.40. The van der Waals surface area contributed by atoms with Crippen LogP contribution in [0.3, 0.4) is 0 Å². The maximum Gasteiger partial charge on any atom is 0.185 e. The number of nitrogens with zero attached hydrogens (tertiary/aromatic N) is 4. The average molecular weight is 433 g/mol. The van der Waals surface area contributed by atoms with E-state index in [1.807, 2.05) is 18.7 Å². The molecule has 164 valence electrons. The third-order valence-electron chi connectivity index (χ3n) is 5.99. The lowest BCUT2D eigenvalue weighted by Gasteiger charge is -2.28. The molecule has 2 aliphatic rings. The van der Waals surface area contributed by atoms with Gasteiger partial charge in [-0.3, -0.25) is 9.79 Å². The third-order valence-corrected chi connectivity index (χ3v) is 5.99. The fraction of sp³-hybridized carbons (Fsp3) is 0.304. The summed E-state index contributed by atoms with van der Waals surface area (Å²) in [6, 6.07) is 10.7. The highest BCUT2D eigenvalue weighted by atomic mass is 19.1. The van der Waals surface area contributed by atoms with Crippen molar-refractivity contribution in [1.29, 1.82) is 0 Å². The Labute approximate surface area is 184 Å². The standard InChI is InChI=1S/C23H24FN7O/c1-3-31-23(27-12-28-31)20-21(14-6-4-13(5-7-14)10-25-2)30-29-17-9-15(24)8-16-18(32)11-26-22(20)19(16)17/h4-9,12,20-21,25,29-30H,3,10-11H2,1-2H3. The van der Waals surface area contributed by atoms with Gasteiger partial charge in [0.05, 0.1) is 23.4 Å². The van der Waals surface area contributed by atoms with Gasteiger partial charge in [-0.1, -0.05) is 24.3 Å². The maximum atomic E-state index is 14.3. The highest BCUT2D eigenvalue weighted by molar-refractivity contribution is 6.20. The predicted octanol–water partition coefficient (Wildman–Crippen LogP) is 2.60. The molecule has 0 spiro atoms. The Hall–Kier alpha value is -3.43. The number of anilines is 1. The van der Waals surface area contributed by atoms with E-state index >= 15 is 0 Å². The maximum absolute atomic E-state index is 14.3. The van der Waals surface area contributed by atoms with Gasteiger partial charge in [0.15, 0.2) is 5.78 Å². The monoisotopic (exact) mass is 433 g/mol. The molecule has 0 radical (unpaired) electrons. The van der Waals surface area contributed by atoms with Crippen molar-refractivity contribution in [3.63, 3.8) is 0 Å². The van der Waals surface area contributed by atoms with Gasteiger partial charge in [-0.25, -0.2) is 19.5 Å². The van der Waals surface area contributed by atoms with E-state index in [4.69, 9.17) is 0 Å². The summed E-state index contributed by atoms with van der Waals surface area (Å²) in [6.07, 6.45) is 1.53. The number of carbonyl (C=O) groups excluding carboxylic acids is 1. The molecule has 9 heteroatoms.